The average molecular weight is 195 g/mol. The van der Waals surface area contributed by atoms with Crippen LogP contribution in [0.5, 0.6) is 0 Å². The van der Waals surface area contributed by atoms with Crippen LogP contribution in [0.15, 0.2) is 12.4 Å². The smallest absolute Gasteiger partial charge is 0.382 e. The minimum Gasteiger partial charge on any atom is -0.382 e. The lowest BCUT2D eigenvalue weighted by Gasteiger charge is -2.19. The van der Waals surface area contributed by atoms with E-state index in [0.29, 0.717) is 0 Å². The van der Waals surface area contributed by atoms with Gasteiger partial charge in [-0.3, -0.25) is 5.10 Å². The minimum atomic E-state index is -4.71. The molecule has 74 valence electrons. The Morgan fingerprint density at radius 3 is 2.54 bits per heavy atom. The standard InChI is InChI=1S/C6H8F3N3O/c7-6(8,9)5(13)4(10)3-1-11-12-2-3/h1-2,4-5,13H,10H2,(H,11,12). The second kappa shape index (κ2) is 3.35. The number of halogens is 3. The van der Waals surface area contributed by atoms with Crippen molar-refractivity contribution < 1.29 is 18.3 Å². The van der Waals surface area contributed by atoms with Gasteiger partial charge in [-0.2, -0.15) is 18.3 Å². The van der Waals surface area contributed by atoms with Crippen LogP contribution in [0.3, 0.4) is 0 Å². The lowest BCUT2D eigenvalue weighted by molar-refractivity contribution is -0.210. The minimum absolute atomic E-state index is 0.116. The van der Waals surface area contributed by atoms with Crippen molar-refractivity contribution >= 4 is 0 Å². The van der Waals surface area contributed by atoms with E-state index >= 15 is 0 Å². The quantitative estimate of drug-likeness (QED) is 0.636. The summed E-state index contributed by atoms with van der Waals surface area (Å²) in [6.07, 6.45) is -4.93. The van der Waals surface area contributed by atoms with Gasteiger partial charge in [-0.25, -0.2) is 0 Å². The van der Waals surface area contributed by atoms with Gasteiger partial charge in [-0.05, 0) is 0 Å². The van der Waals surface area contributed by atoms with Crippen molar-refractivity contribution in [1.82, 2.24) is 10.2 Å². The van der Waals surface area contributed by atoms with E-state index in [4.69, 9.17) is 10.8 Å². The van der Waals surface area contributed by atoms with Crippen LogP contribution < -0.4 is 5.73 Å². The molecule has 0 spiro atoms. The number of aliphatic hydroxyl groups excluding tert-OH is 1. The molecule has 0 bridgehead atoms. The number of rotatable bonds is 2. The number of nitrogens with one attached hydrogen (secondary N) is 1. The van der Waals surface area contributed by atoms with Gasteiger partial charge >= 0.3 is 6.18 Å². The molecule has 4 N–H and O–H groups in total. The molecule has 2 atom stereocenters. The molecule has 4 nitrogen and oxygen atoms in total. The van der Waals surface area contributed by atoms with Crippen LogP contribution in [0.25, 0.3) is 0 Å². The summed E-state index contributed by atoms with van der Waals surface area (Å²) in [7, 11) is 0. The summed E-state index contributed by atoms with van der Waals surface area (Å²) in [4.78, 5) is 0. The zero-order valence-corrected chi connectivity index (χ0v) is 6.42. The summed E-state index contributed by atoms with van der Waals surface area (Å²) >= 11 is 0. The van der Waals surface area contributed by atoms with Gasteiger partial charge in [0.05, 0.1) is 12.2 Å². The summed E-state index contributed by atoms with van der Waals surface area (Å²) in [5.41, 5.74) is 5.25. The Bertz CT molecular complexity index is 259. The third-order valence-corrected chi connectivity index (χ3v) is 1.58. The molecule has 1 aromatic heterocycles. The summed E-state index contributed by atoms with van der Waals surface area (Å²) in [6.45, 7) is 0. The Balaban J connectivity index is 2.74. The van der Waals surface area contributed by atoms with Crippen LogP contribution in [0.4, 0.5) is 13.2 Å². The first-order valence-electron chi connectivity index (χ1n) is 3.42. The molecular formula is C6H8F3N3O. The van der Waals surface area contributed by atoms with Gasteiger partial charge in [0.15, 0.2) is 6.10 Å². The molecule has 0 aliphatic heterocycles. The second-order valence-electron chi connectivity index (χ2n) is 2.54. The van der Waals surface area contributed by atoms with E-state index in [9.17, 15) is 13.2 Å². The topological polar surface area (TPSA) is 74.9 Å². The normalized spacial score (nSPS) is 17.0. The zero-order valence-electron chi connectivity index (χ0n) is 6.42. The number of nitrogens with zero attached hydrogens (tertiary/aromatic N) is 1. The van der Waals surface area contributed by atoms with Crippen molar-refractivity contribution in [3.63, 3.8) is 0 Å². The SMILES string of the molecule is NC(c1cn[nH]c1)C(O)C(F)(F)F. The molecule has 0 aromatic carbocycles. The van der Waals surface area contributed by atoms with Crippen molar-refractivity contribution in [3.8, 4) is 0 Å². The van der Waals surface area contributed by atoms with Crippen molar-refractivity contribution in [2.45, 2.75) is 18.3 Å². The number of alkyl halides is 3. The maximum Gasteiger partial charge on any atom is 0.416 e. The monoisotopic (exact) mass is 195 g/mol. The van der Waals surface area contributed by atoms with Gasteiger partial charge in [0.25, 0.3) is 0 Å². The molecule has 1 aromatic rings. The molecule has 0 fully saturated rings. The third-order valence-electron chi connectivity index (χ3n) is 1.58. The van der Waals surface area contributed by atoms with Gasteiger partial charge in [0, 0.05) is 11.8 Å². The molecule has 7 heteroatoms. The van der Waals surface area contributed by atoms with E-state index in [1.165, 1.54) is 6.20 Å². The number of hydrogen-bond donors (Lipinski definition) is 3. The number of aromatic nitrogens is 2. The van der Waals surface area contributed by atoms with Crippen molar-refractivity contribution in [2.75, 3.05) is 0 Å². The van der Waals surface area contributed by atoms with Gasteiger partial charge in [0.2, 0.25) is 0 Å². The Kier molecular flexibility index (Phi) is 2.58. The highest BCUT2D eigenvalue weighted by Gasteiger charge is 2.42. The summed E-state index contributed by atoms with van der Waals surface area (Å²) < 4.78 is 35.8. The lowest BCUT2D eigenvalue weighted by Crippen LogP contribution is -2.38. The first kappa shape index (κ1) is 10.0. The van der Waals surface area contributed by atoms with Crippen molar-refractivity contribution in [2.24, 2.45) is 5.73 Å². The highest BCUT2D eigenvalue weighted by Crippen LogP contribution is 2.27. The molecular weight excluding hydrogens is 187 g/mol. The van der Waals surface area contributed by atoms with E-state index < -0.39 is 18.3 Å². The van der Waals surface area contributed by atoms with Crippen molar-refractivity contribution in [1.29, 1.82) is 0 Å². The largest absolute Gasteiger partial charge is 0.416 e. The Hall–Kier alpha value is -1.08. The molecule has 0 aliphatic rings. The first-order valence-corrected chi connectivity index (χ1v) is 3.42. The predicted octanol–water partition coefficient (Wildman–Crippen LogP) is 0.333. The predicted molar refractivity (Wildman–Crippen MR) is 37.6 cm³/mol. The van der Waals surface area contributed by atoms with Crippen LogP contribution >= 0.6 is 0 Å². The summed E-state index contributed by atoms with van der Waals surface area (Å²) in [5.74, 6) is 0. The molecule has 1 rings (SSSR count). The number of H-pyrrole nitrogens is 1. The lowest BCUT2D eigenvalue weighted by atomic mass is 10.1. The Morgan fingerprint density at radius 2 is 2.15 bits per heavy atom. The molecule has 0 saturated heterocycles. The highest BCUT2D eigenvalue weighted by atomic mass is 19.4. The molecule has 0 amide bonds. The summed E-state index contributed by atoms with van der Waals surface area (Å²) in [6, 6.07) is -1.50. The number of nitrogens with two attached hydrogens (primary N) is 1. The summed E-state index contributed by atoms with van der Waals surface area (Å²) in [5, 5.41) is 14.5. The van der Waals surface area contributed by atoms with Crippen molar-refractivity contribution in [3.05, 3.63) is 18.0 Å². The molecule has 1 heterocycles. The Labute approximate surface area is 71.6 Å². The van der Waals surface area contributed by atoms with Crippen LogP contribution in [-0.2, 0) is 0 Å². The van der Waals surface area contributed by atoms with E-state index in [0.717, 1.165) is 6.20 Å². The number of aromatic amines is 1. The van der Waals surface area contributed by atoms with Crippen LogP contribution in [0.2, 0.25) is 0 Å². The van der Waals surface area contributed by atoms with Gasteiger partial charge in [-0.15, -0.1) is 0 Å². The fraction of sp³-hybridized carbons (Fsp3) is 0.500. The van der Waals surface area contributed by atoms with Gasteiger partial charge < -0.3 is 10.8 Å². The fourth-order valence-corrected chi connectivity index (χ4v) is 0.829. The van der Waals surface area contributed by atoms with Crippen LogP contribution in [0, 0.1) is 0 Å². The van der Waals surface area contributed by atoms with E-state index in [-0.39, 0.29) is 5.56 Å². The number of hydrogen-bond acceptors (Lipinski definition) is 3. The van der Waals surface area contributed by atoms with Gasteiger partial charge in [-0.1, -0.05) is 0 Å². The maximum atomic E-state index is 11.9. The second-order valence-corrected chi connectivity index (χ2v) is 2.54. The first-order chi connectivity index (χ1) is 5.93. The molecule has 2 unspecified atom stereocenters. The van der Waals surface area contributed by atoms with E-state index in [1.807, 2.05) is 0 Å². The Morgan fingerprint density at radius 1 is 1.54 bits per heavy atom. The van der Waals surface area contributed by atoms with E-state index in [2.05, 4.69) is 10.2 Å². The average Bonchev–Trinajstić information content (AvgIpc) is 2.51. The molecule has 0 radical (unpaired) electrons. The third kappa shape index (κ3) is 2.19. The fourth-order valence-electron chi connectivity index (χ4n) is 0.829. The zero-order chi connectivity index (χ0) is 10.1. The molecule has 0 saturated carbocycles. The van der Waals surface area contributed by atoms with E-state index in [1.54, 1.807) is 0 Å². The molecule has 13 heavy (non-hydrogen) atoms. The van der Waals surface area contributed by atoms with Crippen LogP contribution in [0.1, 0.15) is 11.6 Å². The maximum absolute atomic E-state index is 11.9. The van der Waals surface area contributed by atoms with Gasteiger partial charge in [0.1, 0.15) is 0 Å². The number of aliphatic hydroxyl groups is 1. The highest BCUT2D eigenvalue weighted by molar-refractivity contribution is 5.11. The van der Waals surface area contributed by atoms with Crippen LogP contribution in [-0.4, -0.2) is 27.6 Å². The molecule has 0 aliphatic carbocycles.